The average Bonchev–Trinajstić information content (AvgIpc) is 2.40. The summed E-state index contributed by atoms with van der Waals surface area (Å²) < 4.78 is 63.9. The summed E-state index contributed by atoms with van der Waals surface area (Å²) in [6.07, 6.45) is -2.81. The van der Waals surface area contributed by atoms with Crippen LogP contribution in [-0.4, -0.2) is 24.0 Å². The van der Waals surface area contributed by atoms with Gasteiger partial charge < -0.3 is 5.11 Å². The summed E-state index contributed by atoms with van der Waals surface area (Å²) >= 11 is 0. The van der Waals surface area contributed by atoms with Crippen LogP contribution in [0.1, 0.15) is 48.8 Å². The highest BCUT2D eigenvalue weighted by molar-refractivity contribution is 7.92. The molecular weight excluding hydrogens is 329 g/mol. The molecule has 7 heteroatoms. The van der Waals surface area contributed by atoms with Gasteiger partial charge in [-0.1, -0.05) is 18.6 Å². The third kappa shape index (κ3) is 2.78. The highest BCUT2D eigenvalue weighted by Gasteiger charge is 2.51. The summed E-state index contributed by atoms with van der Waals surface area (Å²) in [5.74, 6) is 0. The second-order valence-electron chi connectivity index (χ2n) is 6.73. The molecule has 0 aromatic heterocycles. The molecule has 2 unspecified atom stereocenters. The van der Waals surface area contributed by atoms with Crippen LogP contribution >= 0.6 is 0 Å². The lowest BCUT2D eigenvalue weighted by atomic mass is 9.79. The lowest BCUT2D eigenvalue weighted by molar-refractivity contribution is -0.138. The zero-order chi connectivity index (χ0) is 17.0. The fourth-order valence-electron chi connectivity index (χ4n) is 3.90. The molecule has 23 heavy (non-hydrogen) atoms. The van der Waals surface area contributed by atoms with Gasteiger partial charge in [0.1, 0.15) is 0 Å². The van der Waals surface area contributed by atoms with Crippen molar-refractivity contribution in [3.8, 4) is 0 Å². The zero-order valence-electron chi connectivity index (χ0n) is 12.7. The molecule has 2 aliphatic rings. The van der Waals surface area contributed by atoms with Crippen molar-refractivity contribution in [2.75, 3.05) is 0 Å². The minimum absolute atomic E-state index is 0.0216. The zero-order valence-corrected chi connectivity index (χ0v) is 13.5. The van der Waals surface area contributed by atoms with Crippen LogP contribution in [0.2, 0.25) is 0 Å². The average molecular weight is 348 g/mol. The lowest BCUT2D eigenvalue weighted by Gasteiger charge is -2.44. The Morgan fingerprint density at radius 2 is 1.74 bits per heavy atom. The molecule has 0 amide bonds. The van der Waals surface area contributed by atoms with E-state index in [1.54, 1.807) is 0 Å². The smallest absolute Gasteiger partial charge is 0.385 e. The van der Waals surface area contributed by atoms with E-state index in [0.717, 1.165) is 12.5 Å². The first kappa shape index (κ1) is 16.8. The van der Waals surface area contributed by atoms with E-state index in [0.29, 0.717) is 12.8 Å². The van der Waals surface area contributed by atoms with Crippen LogP contribution in [0.25, 0.3) is 0 Å². The Morgan fingerprint density at radius 1 is 1.17 bits per heavy atom. The van der Waals surface area contributed by atoms with Crippen molar-refractivity contribution in [3.63, 3.8) is 0 Å². The molecule has 128 valence electrons. The van der Waals surface area contributed by atoms with Crippen LogP contribution in [-0.2, 0) is 21.6 Å². The summed E-state index contributed by atoms with van der Waals surface area (Å²) in [5.41, 5.74) is -2.02. The highest BCUT2D eigenvalue weighted by atomic mass is 32.2. The number of alkyl halides is 3. The largest absolute Gasteiger partial charge is 0.416 e. The van der Waals surface area contributed by atoms with Crippen molar-refractivity contribution >= 4 is 9.84 Å². The van der Waals surface area contributed by atoms with Gasteiger partial charge in [-0.2, -0.15) is 13.2 Å². The van der Waals surface area contributed by atoms with Crippen LogP contribution in [0, 0.1) is 6.92 Å². The van der Waals surface area contributed by atoms with E-state index >= 15 is 0 Å². The van der Waals surface area contributed by atoms with Crippen molar-refractivity contribution < 1.29 is 26.7 Å². The molecule has 2 fully saturated rings. The molecule has 0 spiro atoms. The maximum absolute atomic E-state index is 13.1. The molecule has 3 nitrogen and oxygen atoms in total. The monoisotopic (exact) mass is 348 g/mol. The molecular formula is C16H19F3O3S. The first-order valence-electron chi connectivity index (χ1n) is 7.67. The Morgan fingerprint density at radius 3 is 2.26 bits per heavy atom. The minimum Gasteiger partial charge on any atom is -0.385 e. The number of aliphatic hydroxyl groups is 1. The third-order valence-electron chi connectivity index (χ3n) is 5.19. The number of fused-ring (bicyclic) bond motifs is 2. The topological polar surface area (TPSA) is 54.4 Å². The molecule has 1 aromatic carbocycles. The molecule has 2 atom stereocenters. The number of hydrogen-bond donors (Lipinski definition) is 1. The highest BCUT2D eigenvalue weighted by Crippen LogP contribution is 2.47. The normalized spacial score (nSPS) is 33.4. The van der Waals surface area contributed by atoms with Crippen LogP contribution in [0.5, 0.6) is 0 Å². The molecule has 0 aliphatic carbocycles. The van der Waals surface area contributed by atoms with E-state index in [1.165, 1.54) is 19.1 Å². The Labute approximate surface area is 133 Å². The van der Waals surface area contributed by atoms with Gasteiger partial charge in [-0.25, -0.2) is 8.42 Å². The van der Waals surface area contributed by atoms with E-state index in [4.69, 9.17) is 0 Å². The molecule has 1 N–H and O–H groups in total. The third-order valence-corrected chi connectivity index (χ3v) is 7.86. The lowest BCUT2D eigenvalue weighted by Crippen LogP contribution is -2.50. The first-order valence-corrected chi connectivity index (χ1v) is 9.28. The minimum atomic E-state index is -4.49. The van der Waals surface area contributed by atoms with Crippen LogP contribution in [0.15, 0.2) is 18.2 Å². The summed E-state index contributed by atoms with van der Waals surface area (Å²) in [7, 11) is -3.27. The van der Waals surface area contributed by atoms with E-state index in [9.17, 15) is 26.7 Å². The Kier molecular flexibility index (Phi) is 3.80. The van der Waals surface area contributed by atoms with E-state index in [2.05, 4.69) is 0 Å². The van der Waals surface area contributed by atoms with Gasteiger partial charge in [-0.3, -0.25) is 0 Å². The van der Waals surface area contributed by atoms with Gasteiger partial charge >= 0.3 is 6.18 Å². The maximum Gasteiger partial charge on any atom is 0.416 e. The van der Waals surface area contributed by atoms with Crippen LogP contribution in [0.4, 0.5) is 13.2 Å². The predicted molar refractivity (Wildman–Crippen MR) is 79.7 cm³/mol. The molecule has 2 bridgehead atoms. The van der Waals surface area contributed by atoms with Gasteiger partial charge in [0.25, 0.3) is 0 Å². The number of halogens is 3. The SMILES string of the molecule is Cc1ccc(C2(O)CC3CCCC(C2)S3(=O)=O)cc1C(F)(F)F. The predicted octanol–water partition coefficient (Wildman–Crippen LogP) is 3.33. The molecule has 0 radical (unpaired) electrons. The summed E-state index contributed by atoms with van der Waals surface area (Å²) in [5, 5.41) is 9.62. The Hall–Kier alpha value is -1.08. The van der Waals surface area contributed by atoms with Crippen LogP contribution < -0.4 is 0 Å². The molecule has 3 rings (SSSR count). The number of rotatable bonds is 1. The Balaban J connectivity index is 2.02. The summed E-state index contributed by atoms with van der Waals surface area (Å²) in [4.78, 5) is 0. The van der Waals surface area contributed by atoms with E-state index in [1.807, 2.05) is 0 Å². The number of sulfone groups is 1. The van der Waals surface area contributed by atoms with Gasteiger partial charge in [-0.05, 0) is 49.8 Å². The fourth-order valence-corrected chi connectivity index (χ4v) is 6.45. The van der Waals surface area contributed by atoms with Gasteiger partial charge in [0.05, 0.1) is 21.7 Å². The van der Waals surface area contributed by atoms with E-state index in [-0.39, 0.29) is 24.0 Å². The summed E-state index contributed by atoms with van der Waals surface area (Å²) in [6, 6.07) is 3.80. The standard InChI is InChI=1S/C16H19F3O3S/c1-10-5-6-11(7-14(10)16(17,18)19)15(20)8-12-3-2-4-13(9-15)23(12,21)22/h5-7,12-13,20H,2-4,8-9H2,1H3. The molecule has 2 aliphatic heterocycles. The van der Waals surface area contributed by atoms with Gasteiger partial charge in [0, 0.05) is 0 Å². The molecule has 1 aromatic rings. The van der Waals surface area contributed by atoms with Crippen molar-refractivity contribution in [1.29, 1.82) is 0 Å². The number of hydrogen-bond acceptors (Lipinski definition) is 3. The van der Waals surface area contributed by atoms with Crippen molar-refractivity contribution in [1.82, 2.24) is 0 Å². The molecule has 2 saturated heterocycles. The van der Waals surface area contributed by atoms with Crippen molar-refractivity contribution in [2.24, 2.45) is 0 Å². The van der Waals surface area contributed by atoms with Gasteiger partial charge in [0.15, 0.2) is 9.84 Å². The quantitative estimate of drug-likeness (QED) is 0.847. The van der Waals surface area contributed by atoms with Gasteiger partial charge in [-0.15, -0.1) is 0 Å². The fraction of sp³-hybridized carbons (Fsp3) is 0.625. The number of benzene rings is 1. The first-order chi connectivity index (χ1) is 10.5. The van der Waals surface area contributed by atoms with Crippen molar-refractivity contribution in [2.45, 2.75) is 61.3 Å². The van der Waals surface area contributed by atoms with Crippen LogP contribution in [0.3, 0.4) is 0 Å². The Bertz CT molecular complexity index is 705. The van der Waals surface area contributed by atoms with Gasteiger partial charge in [0.2, 0.25) is 0 Å². The maximum atomic E-state index is 13.1. The second-order valence-corrected chi connectivity index (χ2v) is 9.24. The number of aryl methyl sites for hydroxylation is 1. The second kappa shape index (κ2) is 5.21. The molecule has 2 heterocycles. The summed E-state index contributed by atoms with van der Waals surface area (Å²) in [6.45, 7) is 1.37. The van der Waals surface area contributed by atoms with E-state index < -0.39 is 37.7 Å². The van der Waals surface area contributed by atoms with Crippen molar-refractivity contribution in [3.05, 3.63) is 34.9 Å². The molecule has 0 saturated carbocycles.